The lowest BCUT2D eigenvalue weighted by Gasteiger charge is -2.31. The molecule has 3 rings (SSSR count). The second-order valence-corrected chi connectivity index (χ2v) is 9.10. The first-order valence-electron chi connectivity index (χ1n) is 12.3. The number of rotatable bonds is 13. The number of ketones is 1. The zero-order chi connectivity index (χ0) is 26.8. The first-order valence-corrected chi connectivity index (χ1v) is 12.3. The van der Waals surface area contributed by atoms with Crippen molar-refractivity contribution >= 4 is 17.8 Å². The Balaban J connectivity index is 1.50. The van der Waals surface area contributed by atoms with Gasteiger partial charge in [-0.15, -0.1) is 0 Å². The molecule has 2 amide bonds. The smallest absolute Gasteiger partial charge is 0.417 e. The highest BCUT2D eigenvalue weighted by molar-refractivity contribution is 6.03. The summed E-state index contributed by atoms with van der Waals surface area (Å²) >= 11 is 0. The van der Waals surface area contributed by atoms with Gasteiger partial charge < -0.3 is 28.8 Å². The quantitative estimate of drug-likeness (QED) is 0.393. The van der Waals surface area contributed by atoms with E-state index in [2.05, 4.69) is 0 Å². The van der Waals surface area contributed by atoms with E-state index in [0.717, 1.165) is 10.5 Å². The van der Waals surface area contributed by atoms with Gasteiger partial charge in [0.1, 0.15) is 18.5 Å². The number of hydrogen-bond acceptors (Lipinski definition) is 9. The Labute approximate surface area is 216 Å². The number of carbonyl (C=O) groups is 3. The SMILES string of the molecule is CO[C@H](C(=O)N1C(=O)OC[C@@H]1C(C)C)[C@@H]1OC(=CCCOC[C@@H](CO)OCc2ccccc2)C=CC1=O. The van der Waals surface area contributed by atoms with Crippen LogP contribution in [-0.4, -0.2) is 85.7 Å². The van der Waals surface area contributed by atoms with E-state index in [0.29, 0.717) is 25.4 Å². The third kappa shape index (κ3) is 7.72. The molecule has 202 valence electrons. The van der Waals surface area contributed by atoms with Crippen molar-refractivity contribution in [3.63, 3.8) is 0 Å². The van der Waals surface area contributed by atoms with E-state index < -0.39 is 42.1 Å². The normalized spacial score (nSPS) is 22.3. The Hall–Kier alpha value is -3.05. The van der Waals surface area contributed by atoms with Crippen LogP contribution in [-0.2, 0) is 39.9 Å². The second kappa shape index (κ2) is 14.0. The highest BCUT2D eigenvalue weighted by atomic mass is 16.6. The Kier molecular flexibility index (Phi) is 10.8. The molecule has 0 aromatic heterocycles. The van der Waals surface area contributed by atoms with Crippen LogP contribution in [0.5, 0.6) is 0 Å². The summed E-state index contributed by atoms with van der Waals surface area (Å²) in [5.41, 5.74) is 1.00. The van der Waals surface area contributed by atoms with Crippen LogP contribution in [0.2, 0.25) is 0 Å². The number of aliphatic hydroxyl groups excluding tert-OH is 1. The molecule has 2 aliphatic rings. The van der Waals surface area contributed by atoms with Gasteiger partial charge in [0.15, 0.2) is 18.0 Å². The summed E-state index contributed by atoms with van der Waals surface area (Å²) < 4.78 is 27.5. The molecule has 10 heteroatoms. The number of imide groups is 1. The first-order chi connectivity index (χ1) is 17.8. The number of cyclic esters (lactones) is 1. The van der Waals surface area contributed by atoms with Crippen molar-refractivity contribution in [2.45, 2.75) is 51.2 Å². The minimum atomic E-state index is -1.31. The molecule has 2 aliphatic heterocycles. The minimum Gasteiger partial charge on any atom is -0.479 e. The van der Waals surface area contributed by atoms with Crippen molar-refractivity contribution in [1.82, 2.24) is 4.90 Å². The van der Waals surface area contributed by atoms with Crippen LogP contribution in [0.25, 0.3) is 0 Å². The Bertz CT molecular complexity index is 975. The number of amides is 2. The number of ether oxygens (including phenoxy) is 5. The van der Waals surface area contributed by atoms with Gasteiger partial charge in [0.05, 0.1) is 32.5 Å². The van der Waals surface area contributed by atoms with Crippen molar-refractivity contribution in [3.8, 4) is 0 Å². The van der Waals surface area contributed by atoms with Crippen LogP contribution < -0.4 is 0 Å². The molecule has 0 saturated carbocycles. The van der Waals surface area contributed by atoms with Gasteiger partial charge in [-0.3, -0.25) is 9.59 Å². The van der Waals surface area contributed by atoms with Gasteiger partial charge in [0.2, 0.25) is 0 Å². The summed E-state index contributed by atoms with van der Waals surface area (Å²) in [6, 6.07) is 9.20. The highest BCUT2D eigenvalue weighted by Gasteiger charge is 2.47. The molecule has 0 radical (unpaired) electrons. The molecular formula is C27H35NO9. The van der Waals surface area contributed by atoms with Gasteiger partial charge in [-0.2, -0.15) is 0 Å². The molecule has 0 aliphatic carbocycles. The van der Waals surface area contributed by atoms with Crippen LogP contribution in [0.4, 0.5) is 4.79 Å². The van der Waals surface area contributed by atoms with Crippen LogP contribution >= 0.6 is 0 Å². The number of aliphatic hydroxyl groups is 1. The minimum absolute atomic E-state index is 0.0274. The second-order valence-electron chi connectivity index (χ2n) is 9.10. The van der Waals surface area contributed by atoms with Crippen molar-refractivity contribution in [2.24, 2.45) is 5.92 Å². The van der Waals surface area contributed by atoms with Crippen molar-refractivity contribution in [1.29, 1.82) is 0 Å². The zero-order valence-corrected chi connectivity index (χ0v) is 21.4. The molecule has 1 aromatic carbocycles. The van der Waals surface area contributed by atoms with Crippen LogP contribution in [0, 0.1) is 5.92 Å². The number of nitrogens with zero attached hydrogens (tertiary/aromatic N) is 1. The third-order valence-electron chi connectivity index (χ3n) is 6.08. The Morgan fingerprint density at radius 2 is 1.97 bits per heavy atom. The third-order valence-corrected chi connectivity index (χ3v) is 6.08. The van der Waals surface area contributed by atoms with Crippen molar-refractivity contribution in [2.75, 3.05) is 33.5 Å². The fraction of sp³-hybridized carbons (Fsp3) is 0.519. The van der Waals surface area contributed by atoms with Crippen LogP contribution in [0.1, 0.15) is 25.8 Å². The van der Waals surface area contributed by atoms with Crippen LogP contribution in [0.3, 0.4) is 0 Å². The molecule has 4 atom stereocenters. The maximum Gasteiger partial charge on any atom is 0.417 e. The zero-order valence-electron chi connectivity index (χ0n) is 21.4. The molecule has 1 fully saturated rings. The monoisotopic (exact) mass is 517 g/mol. The predicted molar refractivity (Wildman–Crippen MR) is 132 cm³/mol. The number of benzene rings is 1. The molecular weight excluding hydrogens is 482 g/mol. The fourth-order valence-electron chi connectivity index (χ4n) is 3.94. The molecule has 2 heterocycles. The average molecular weight is 518 g/mol. The number of hydrogen-bond donors (Lipinski definition) is 1. The summed E-state index contributed by atoms with van der Waals surface area (Å²) in [7, 11) is 1.29. The number of methoxy groups -OCH3 is 1. The van der Waals surface area contributed by atoms with E-state index in [1.54, 1.807) is 6.08 Å². The predicted octanol–water partition coefficient (Wildman–Crippen LogP) is 2.40. The fourth-order valence-corrected chi connectivity index (χ4v) is 3.94. The van der Waals surface area contributed by atoms with E-state index in [4.69, 9.17) is 23.7 Å². The van der Waals surface area contributed by atoms with Crippen molar-refractivity contribution in [3.05, 3.63) is 59.9 Å². The van der Waals surface area contributed by atoms with E-state index in [1.165, 1.54) is 19.3 Å². The maximum absolute atomic E-state index is 13.2. The lowest BCUT2D eigenvalue weighted by molar-refractivity contribution is -0.154. The highest BCUT2D eigenvalue weighted by Crippen LogP contribution is 2.25. The molecule has 1 saturated heterocycles. The van der Waals surface area contributed by atoms with Gasteiger partial charge in [-0.25, -0.2) is 9.69 Å². The van der Waals surface area contributed by atoms with E-state index >= 15 is 0 Å². The summed E-state index contributed by atoms with van der Waals surface area (Å²) in [6.45, 7) is 4.60. The topological polar surface area (TPSA) is 121 Å². The molecule has 37 heavy (non-hydrogen) atoms. The molecule has 0 spiro atoms. The molecule has 1 aromatic rings. The van der Waals surface area contributed by atoms with E-state index in [9.17, 15) is 19.5 Å². The molecule has 1 N–H and O–H groups in total. The van der Waals surface area contributed by atoms with Crippen molar-refractivity contribution < 1.29 is 43.2 Å². The lowest BCUT2D eigenvalue weighted by atomic mass is 10.0. The van der Waals surface area contributed by atoms with Crippen LogP contribution in [0.15, 0.2) is 54.3 Å². The number of carbonyl (C=O) groups excluding carboxylic acids is 3. The summed E-state index contributed by atoms with van der Waals surface area (Å²) in [6.07, 6.45) is 1.26. The molecule has 0 unspecified atom stereocenters. The van der Waals surface area contributed by atoms with E-state index in [-0.39, 0.29) is 25.7 Å². The first kappa shape index (κ1) is 28.5. The Morgan fingerprint density at radius 3 is 2.65 bits per heavy atom. The average Bonchev–Trinajstić information content (AvgIpc) is 3.29. The van der Waals surface area contributed by atoms with Gasteiger partial charge in [-0.1, -0.05) is 44.2 Å². The molecule has 10 nitrogen and oxygen atoms in total. The largest absolute Gasteiger partial charge is 0.479 e. The van der Waals surface area contributed by atoms with Gasteiger partial charge >= 0.3 is 6.09 Å². The van der Waals surface area contributed by atoms with Gasteiger partial charge in [0, 0.05) is 7.11 Å². The van der Waals surface area contributed by atoms with Gasteiger partial charge in [0.25, 0.3) is 5.91 Å². The Morgan fingerprint density at radius 1 is 1.22 bits per heavy atom. The summed E-state index contributed by atoms with van der Waals surface area (Å²) in [5, 5.41) is 9.53. The standard InChI is InChI=1S/C27H35NO9/c1-18(2)22-17-36-27(32)28(22)26(31)25(33-3)24-23(30)12-11-20(37-24)10-7-13-34-16-21(14-29)35-15-19-8-5-4-6-9-19/h4-6,8-12,18,21-22,24-25,29H,7,13-17H2,1-3H3/t21-,22-,24-,25+/m1/s1. The lowest BCUT2D eigenvalue weighted by Crippen LogP contribution is -2.53. The number of allylic oxidation sites excluding steroid dienone is 1. The van der Waals surface area contributed by atoms with E-state index in [1.807, 2.05) is 44.2 Å². The van der Waals surface area contributed by atoms with Gasteiger partial charge in [-0.05, 0) is 36.1 Å². The summed E-state index contributed by atoms with van der Waals surface area (Å²) in [5.74, 6) is -0.763. The molecule has 0 bridgehead atoms. The maximum atomic E-state index is 13.2. The summed E-state index contributed by atoms with van der Waals surface area (Å²) in [4.78, 5) is 38.9.